The second-order valence-electron chi connectivity index (χ2n) is 4.19. The van der Waals surface area contributed by atoms with Crippen LogP contribution in [-0.4, -0.2) is 40.3 Å². The van der Waals surface area contributed by atoms with Gasteiger partial charge in [0, 0.05) is 6.42 Å². The molecule has 0 aromatic carbocycles. The van der Waals surface area contributed by atoms with E-state index in [1.54, 1.807) is 6.92 Å². The second kappa shape index (κ2) is 6.53. The molecular formula is C11H17IO5. The number of ether oxygens (including phenoxy) is 2. The molecule has 0 bridgehead atoms. The Kier molecular flexibility index (Phi) is 5.64. The first kappa shape index (κ1) is 14.7. The minimum absolute atomic E-state index is 0.273. The summed E-state index contributed by atoms with van der Waals surface area (Å²) in [5, 5.41) is 9.56. The monoisotopic (exact) mass is 356 g/mol. The molecule has 1 aliphatic carbocycles. The predicted molar refractivity (Wildman–Crippen MR) is 68.7 cm³/mol. The van der Waals surface area contributed by atoms with Gasteiger partial charge in [-0.05, 0) is 19.8 Å². The molecule has 1 rings (SSSR count). The lowest BCUT2D eigenvalue weighted by Crippen LogP contribution is -2.41. The van der Waals surface area contributed by atoms with Gasteiger partial charge in [-0.3, -0.25) is 9.59 Å². The molecule has 4 atom stereocenters. The first-order chi connectivity index (χ1) is 7.95. The number of hydrogen-bond acceptors (Lipinski definition) is 5. The van der Waals surface area contributed by atoms with E-state index < -0.39 is 18.1 Å². The van der Waals surface area contributed by atoms with E-state index >= 15 is 0 Å². The molecule has 0 saturated heterocycles. The summed E-state index contributed by atoms with van der Waals surface area (Å²) in [6, 6.07) is 0. The van der Waals surface area contributed by atoms with E-state index in [0.29, 0.717) is 19.3 Å². The number of rotatable bonds is 3. The van der Waals surface area contributed by atoms with Gasteiger partial charge in [-0.2, -0.15) is 0 Å². The Bertz CT molecular complexity index is 292. The first-order valence-corrected chi connectivity index (χ1v) is 6.80. The van der Waals surface area contributed by atoms with Crippen molar-refractivity contribution in [3.8, 4) is 0 Å². The van der Waals surface area contributed by atoms with E-state index in [9.17, 15) is 14.7 Å². The lowest BCUT2D eigenvalue weighted by Gasteiger charge is -2.32. The highest BCUT2D eigenvalue weighted by atomic mass is 127. The Morgan fingerprint density at radius 1 is 1.41 bits per heavy atom. The number of aliphatic hydroxyl groups is 1. The Balaban J connectivity index is 2.68. The summed E-state index contributed by atoms with van der Waals surface area (Å²) in [5.74, 6) is -1.20. The molecular weight excluding hydrogens is 339 g/mol. The molecule has 1 saturated carbocycles. The van der Waals surface area contributed by atoms with Crippen LogP contribution in [-0.2, 0) is 19.1 Å². The fourth-order valence-electron chi connectivity index (χ4n) is 1.90. The molecule has 0 heterocycles. The minimum atomic E-state index is -0.573. The Hall–Kier alpha value is -0.370. The molecule has 0 aromatic heterocycles. The summed E-state index contributed by atoms with van der Waals surface area (Å²) in [4.78, 5) is 23.0. The second-order valence-corrected chi connectivity index (χ2v) is 6.06. The zero-order valence-electron chi connectivity index (χ0n) is 9.89. The molecule has 1 N–H and O–H groups in total. The number of esters is 2. The molecule has 0 spiro atoms. The molecule has 1 fully saturated rings. The van der Waals surface area contributed by atoms with Gasteiger partial charge in [-0.15, -0.1) is 0 Å². The van der Waals surface area contributed by atoms with Gasteiger partial charge in [-0.25, -0.2) is 0 Å². The molecule has 98 valence electrons. The fraction of sp³-hybridized carbons (Fsp3) is 0.818. The van der Waals surface area contributed by atoms with Crippen LogP contribution in [0.2, 0.25) is 0 Å². The molecule has 5 nitrogen and oxygen atoms in total. The summed E-state index contributed by atoms with van der Waals surface area (Å²) in [6.45, 7) is 1.72. The van der Waals surface area contributed by atoms with Crippen molar-refractivity contribution in [3.63, 3.8) is 0 Å². The van der Waals surface area contributed by atoms with E-state index in [0.717, 1.165) is 0 Å². The zero-order valence-corrected chi connectivity index (χ0v) is 12.0. The predicted octanol–water partition coefficient (Wildman–Crippen LogP) is 1.06. The number of hydrogen-bond donors (Lipinski definition) is 1. The van der Waals surface area contributed by atoms with Crippen molar-refractivity contribution in [2.45, 2.75) is 42.3 Å². The van der Waals surface area contributed by atoms with Gasteiger partial charge in [0.25, 0.3) is 0 Å². The molecule has 0 amide bonds. The number of carbonyl (C=O) groups is 2. The smallest absolute Gasteiger partial charge is 0.318 e. The molecule has 0 aromatic rings. The van der Waals surface area contributed by atoms with Crippen LogP contribution in [0, 0.1) is 5.92 Å². The fourth-order valence-corrected chi connectivity index (χ4v) is 2.05. The van der Waals surface area contributed by atoms with Gasteiger partial charge < -0.3 is 14.6 Å². The Morgan fingerprint density at radius 2 is 2.06 bits per heavy atom. The highest BCUT2D eigenvalue weighted by molar-refractivity contribution is 14.1. The van der Waals surface area contributed by atoms with Crippen LogP contribution in [0.25, 0.3) is 0 Å². The molecule has 0 radical (unpaired) electrons. The van der Waals surface area contributed by atoms with E-state index in [4.69, 9.17) is 4.74 Å². The van der Waals surface area contributed by atoms with Crippen molar-refractivity contribution in [1.29, 1.82) is 0 Å². The van der Waals surface area contributed by atoms with Crippen LogP contribution < -0.4 is 0 Å². The van der Waals surface area contributed by atoms with Crippen LogP contribution in [0.5, 0.6) is 0 Å². The van der Waals surface area contributed by atoms with Crippen LogP contribution in [0.15, 0.2) is 0 Å². The van der Waals surface area contributed by atoms with E-state index in [1.165, 1.54) is 7.11 Å². The van der Waals surface area contributed by atoms with Crippen molar-refractivity contribution in [1.82, 2.24) is 0 Å². The van der Waals surface area contributed by atoms with Gasteiger partial charge in [0.1, 0.15) is 10.0 Å². The van der Waals surface area contributed by atoms with Crippen molar-refractivity contribution in [2.75, 3.05) is 7.11 Å². The van der Waals surface area contributed by atoms with Crippen LogP contribution >= 0.6 is 22.6 Å². The van der Waals surface area contributed by atoms with E-state index in [1.807, 2.05) is 22.6 Å². The van der Waals surface area contributed by atoms with E-state index in [2.05, 4.69) is 4.74 Å². The third kappa shape index (κ3) is 4.09. The van der Waals surface area contributed by atoms with Crippen LogP contribution in [0.3, 0.4) is 0 Å². The number of aliphatic hydroxyl groups excluding tert-OH is 1. The summed E-state index contributed by atoms with van der Waals surface area (Å²) in [7, 11) is 1.31. The topological polar surface area (TPSA) is 72.8 Å². The summed E-state index contributed by atoms with van der Waals surface area (Å²) in [5.41, 5.74) is 0. The standard InChI is InChI=1S/C11H17IO5/c1-6(12)10(14)17-9-5-7(13)3-4-8(9)11(15)16-2/h6-9,13H,3-5H2,1-2H3. The van der Waals surface area contributed by atoms with Gasteiger partial charge in [-0.1, -0.05) is 22.6 Å². The van der Waals surface area contributed by atoms with Gasteiger partial charge in [0.2, 0.25) is 0 Å². The van der Waals surface area contributed by atoms with Crippen molar-refractivity contribution < 1.29 is 24.2 Å². The minimum Gasteiger partial charge on any atom is -0.469 e. The molecule has 17 heavy (non-hydrogen) atoms. The van der Waals surface area contributed by atoms with Crippen LogP contribution in [0.4, 0.5) is 0 Å². The average molecular weight is 356 g/mol. The third-order valence-corrected chi connectivity index (χ3v) is 3.37. The van der Waals surface area contributed by atoms with Gasteiger partial charge in [0.05, 0.1) is 19.1 Å². The SMILES string of the molecule is COC(=O)C1CCC(O)CC1OC(=O)C(C)I. The first-order valence-electron chi connectivity index (χ1n) is 5.56. The maximum Gasteiger partial charge on any atom is 0.318 e. The highest BCUT2D eigenvalue weighted by Crippen LogP contribution is 2.29. The number of alkyl halides is 1. The van der Waals surface area contributed by atoms with Crippen LogP contribution in [0.1, 0.15) is 26.2 Å². The normalized spacial score (nSPS) is 30.5. The van der Waals surface area contributed by atoms with Crippen molar-refractivity contribution in [3.05, 3.63) is 0 Å². The van der Waals surface area contributed by atoms with Gasteiger partial charge in [0.15, 0.2) is 0 Å². The molecule has 0 aliphatic heterocycles. The maximum absolute atomic E-state index is 11.5. The van der Waals surface area contributed by atoms with Crippen molar-refractivity contribution in [2.24, 2.45) is 5.92 Å². The average Bonchev–Trinajstić information content (AvgIpc) is 2.28. The van der Waals surface area contributed by atoms with Gasteiger partial charge >= 0.3 is 11.9 Å². The molecule has 6 heteroatoms. The third-order valence-electron chi connectivity index (χ3n) is 2.86. The number of halogens is 1. The van der Waals surface area contributed by atoms with Crippen molar-refractivity contribution >= 4 is 34.5 Å². The number of methoxy groups -OCH3 is 1. The lowest BCUT2D eigenvalue weighted by atomic mass is 9.84. The zero-order chi connectivity index (χ0) is 13.0. The largest absolute Gasteiger partial charge is 0.469 e. The lowest BCUT2D eigenvalue weighted by molar-refractivity contribution is -0.165. The Labute approximate surface area is 114 Å². The molecule has 1 aliphatic rings. The van der Waals surface area contributed by atoms with E-state index in [-0.39, 0.29) is 15.9 Å². The Morgan fingerprint density at radius 3 is 2.59 bits per heavy atom. The summed E-state index contributed by atoms with van der Waals surface area (Å²) >= 11 is 1.95. The quantitative estimate of drug-likeness (QED) is 0.465. The number of carbonyl (C=O) groups excluding carboxylic acids is 2. The molecule has 4 unspecified atom stereocenters. The summed E-state index contributed by atoms with van der Waals surface area (Å²) in [6.07, 6.45) is 0.235. The highest BCUT2D eigenvalue weighted by Gasteiger charge is 2.38. The summed E-state index contributed by atoms with van der Waals surface area (Å²) < 4.78 is 9.66. The maximum atomic E-state index is 11.5.